The van der Waals surface area contributed by atoms with Gasteiger partial charge in [0.2, 0.25) is 0 Å². The topological polar surface area (TPSA) is 26.3 Å². The molecule has 0 radical (unpaired) electrons. The van der Waals surface area contributed by atoms with Crippen molar-refractivity contribution in [3.05, 3.63) is 48.1 Å². The molecule has 2 nitrogen and oxygen atoms in total. The Bertz CT molecular complexity index is 551. The van der Waals surface area contributed by atoms with Gasteiger partial charge in [-0.25, -0.2) is 0 Å². The normalized spacial score (nSPS) is 12.7. The molecule has 1 aromatic carbocycles. The van der Waals surface area contributed by atoms with E-state index >= 15 is 0 Å². The Labute approximate surface area is 138 Å². The third-order valence-corrected chi connectivity index (χ3v) is 4.29. The fourth-order valence-electron chi connectivity index (χ4n) is 1.85. The number of allylic oxidation sites excluding steroid dienone is 4. The first-order chi connectivity index (χ1) is 10.4. The van der Waals surface area contributed by atoms with E-state index in [0.717, 1.165) is 16.9 Å². The van der Waals surface area contributed by atoms with Crippen LogP contribution in [0.25, 0.3) is 5.57 Å². The number of carbonyl (C=O) groups excluding carboxylic acids is 1. The molecule has 1 rings (SSSR count). The Balaban J connectivity index is 2.66. The van der Waals surface area contributed by atoms with Crippen LogP contribution in [0, 0.1) is 5.41 Å². The van der Waals surface area contributed by atoms with Crippen molar-refractivity contribution in [3.63, 3.8) is 0 Å². The molecule has 0 fully saturated rings. The van der Waals surface area contributed by atoms with Crippen LogP contribution in [0.15, 0.2) is 42.5 Å². The van der Waals surface area contributed by atoms with Gasteiger partial charge in [0, 0.05) is 16.7 Å². The molecule has 0 aliphatic heterocycles. The summed E-state index contributed by atoms with van der Waals surface area (Å²) in [5.41, 5.74) is 1.92. The fraction of sp³-hybridized carbons (Fsp3) is 0.421. The van der Waals surface area contributed by atoms with Crippen molar-refractivity contribution in [1.29, 1.82) is 0 Å². The highest BCUT2D eigenvalue weighted by molar-refractivity contribution is 8.13. The van der Waals surface area contributed by atoms with E-state index in [4.69, 9.17) is 4.74 Å². The summed E-state index contributed by atoms with van der Waals surface area (Å²) in [6, 6.07) is 8.00. The lowest BCUT2D eigenvalue weighted by Crippen LogP contribution is -2.18. The minimum absolute atomic E-state index is 0.201. The van der Waals surface area contributed by atoms with E-state index in [2.05, 4.69) is 18.2 Å². The van der Waals surface area contributed by atoms with E-state index in [1.807, 2.05) is 58.9 Å². The summed E-state index contributed by atoms with van der Waals surface area (Å²) in [4.78, 5) is 11.9. The third-order valence-electron chi connectivity index (χ3n) is 3.04. The van der Waals surface area contributed by atoms with Gasteiger partial charge in [-0.15, -0.1) is 0 Å². The van der Waals surface area contributed by atoms with Crippen LogP contribution >= 0.6 is 11.8 Å². The van der Waals surface area contributed by atoms with Crippen molar-refractivity contribution in [2.75, 3.05) is 12.4 Å². The van der Waals surface area contributed by atoms with Gasteiger partial charge in [-0.1, -0.05) is 69.0 Å². The number of hydrogen-bond acceptors (Lipinski definition) is 3. The van der Waals surface area contributed by atoms with Gasteiger partial charge in [0.25, 0.3) is 0 Å². The average Bonchev–Trinajstić information content (AvgIpc) is 2.48. The molecule has 0 saturated heterocycles. The van der Waals surface area contributed by atoms with Crippen LogP contribution in [0.2, 0.25) is 0 Å². The first-order valence-electron chi connectivity index (χ1n) is 7.58. The summed E-state index contributed by atoms with van der Waals surface area (Å²) in [5.74, 6) is 1.52. The second kappa shape index (κ2) is 8.84. The number of benzene rings is 1. The van der Waals surface area contributed by atoms with Gasteiger partial charge < -0.3 is 4.74 Å². The Hall–Kier alpha value is -1.48. The summed E-state index contributed by atoms with van der Waals surface area (Å²) in [7, 11) is 0. The molecule has 0 heterocycles. The molecule has 0 amide bonds. The van der Waals surface area contributed by atoms with Crippen molar-refractivity contribution in [2.24, 2.45) is 5.41 Å². The zero-order valence-electron chi connectivity index (χ0n) is 14.2. The molecule has 22 heavy (non-hydrogen) atoms. The summed E-state index contributed by atoms with van der Waals surface area (Å²) in [6.45, 7) is 10.4. The van der Waals surface area contributed by atoms with Gasteiger partial charge in [-0.2, -0.15) is 0 Å². The summed E-state index contributed by atoms with van der Waals surface area (Å²) in [6.07, 6.45) is 6.16. The number of para-hydroxylation sites is 1. The van der Waals surface area contributed by atoms with E-state index in [1.165, 1.54) is 11.8 Å². The predicted octanol–water partition coefficient (Wildman–Crippen LogP) is 5.35. The van der Waals surface area contributed by atoms with Crippen LogP contribution in [0.5, 0.6) is 5.75 Å². The highest BCUT2D eigenvalue weighted by atomic mass is 32.2. The maximum atomic E-state index is 11.9. The molecular weight excluding hydrogens is 292 g/mol. The van der Waals surface area contributed by atoms with Crippen molar-refractivity contribution in [3.8, 4) is 5.75 Å². The molecule has 0 atom stereocenters. The Morgan fingerprint density at radius 3 is 2.50 bits per heavy atom. The summed E-state index contributed by atoms with van der Waals surface area (Å²) >= 11 is 1.34. The van der Waals surface area contributed by atoms with Crippen LogP contribution in [0.4, 0.5) is 0 Å². The molecule has 0 spiro atoms. The molecular formula is C19H26O2S. The van der Waals surface area contributed by atoms with Crippen molar-refractivity contribution < 1.29 is 9.53 Å². The number of hydrogen-bond donors (Lipinski definition) is 0. The van der Waals surface area contributed by atoms with Gasteiger partial charge in [0.15, 0.2) is 5.12 Å². The van der Waals surface area contributed by atoms with Crippen molar-refractivity contribution in [1.82, 2.24) is 0 Å². The molecule has 0 aliphatic carbocycles. The second-order valence-corrected chi connectivity index (χ2v) is 7.04. The van der Waals surface area contributed by atoms with Crippen LogP contribution < -0.4 is 4.74 Å². The van der Waals surface area contributed by atoms with E-state index in [9.17, 15) is 4.79 Å². The molecule has 3 heteroatoms. The van der Waals surface area contributed by atoms with E-state index in [0.29, 0.717) is 12.4 Å². The molecule has 0 aromatic heterocycles. The Morgan fingerprint density at radius 2 is 1.91 bits per heavy atom. The zero-order chi connectivity index (χ0) is 16.6. The van der Waals surface area contributed by atoms with E-state index < -0.39 is 0 Å². The largest absolute Gasteiger partial charge is 0.492 e. The fourth-order valence-corrected chi connectivity index (χ4v) is 2.64. The SMILES string of the molecule is C/C=C\C(=C/C)c1ccccc1OCCSC(=O)C(C)(C)C. The van der Waals surface area contributed by atoms with E-state index in [1.54, 1.807) is 0 Å². The number of thioether (sulfide) groups is 1. The highest BCUT2D eigenvalue weighted by Crippen LogP contribution is 2.27. The quantitative estimate of drug-likeness (QED) is 0.522. The van der Waals surface area contributed by atoms with Gasteiger partial charge in [-0.3, -0.25) is 4.79 Å². The molecule has 120 valence electrons. The maximum Gasteiger partial charge on any atom is 0.194 e. The van der Waals surface area contributed by atoms with Gasteiger partial charge >= 0.3 is 0 Å². The monoisotopic (exact) mass is 318 g/mol. The van der Waals surface area contributed by atoms with E-state index in [-0.39, 0.29) is 10.5 Å². The molecule has 0 unspecified atom stereocenters. The lowest BCUT2D eigenvalue weighted by molar-refractivity contribution is -0.117. The minimum atomic E-state index is -0.299. The standard InChI is InChI=1S/C19H26O2S/c1-6-10-15(7-2)16-11-8-9-12-17(16)21-13-14-22-18(20)19(3,4)5/h6-12H,13-14H2,1-5H3/b10-6-,15-7+. The van der Waals surface area contributed by atoms with Crippen LogP contribution in [-0.2, 0) is 4.79 Å². The first-order valence-corrected chi connectivity index (χ1v) is 8.57. The molecule has 0 saturated carbocycles. The number of rotatable bonds is 6. The maximum absolute atomic E-state index is 11.9. The summed E-state index contributed by atoms with van der Waals surface area (Å²) < 4.78 is 5.88. The third kappa shape index (κ3) is 5.72. The average molecular weight is 318 g/mol. The molecule has 0 aliphatic rings. The van der Waals surface area contributed by atoms with Crippen molar-refractivity contribution >= 4 is 22.5 Å². The second-order valence-electron chi connectivity index (χ2n) is 5.97. The lowest BCUT2D eigenvalue weighted by Gasteiger charge is -2.16. The summed E-state index contributed by atoms with van der Waals surface area (Å²) in [5, 5.41) is 0.201. The highest BCUT2D eigenvalue weighted by Gasteiger charge is 2.21. The lowest BCUT2D eigenvalue weighted by atomic mass is 10.00. The minimum Gasteiger partial charge on any atom is -0.492 e. The van der Waals surface area contributed by atoms with Crippen LogP contribution in [0.3, 0.4) is 0 Å². The Morgan fingerprint density at radius 1 is 1.23 bits per heavy atom. The molecule has 1 aromatic rings. The molecule has 0 N–H and O–H groups in total. The van der Waals surface area contributed by atoms with Gasteiger partial charge in [0.1, 0.15) is 5.75 Å². The predicted molar refractivity (Wildman–Crippen MR) is 97.3 cm³/mol. The first kappa shape index (κ1) is 18.6. The Kier molecular flexibility index (Phi) is 7.46. The molecule has 0 bridgehead atoms. The zero-order valence-corrected chi connectivity index (χ0v) is 15.0. The van der Waals surface area contributed by atoms with Gasteiger partial charge in [-0.05, 0) is 25.5 Å². The van der Waals surface area contributed by atoms with Crippen LogP contribution in [-0.4, -0.2) is 17.5 Å². The number of ether oxygens (including phenoxy) is 1. The van der Waals surface area contributed by atoms with Crippen molar-refractivity contribution in [2.45, 2.75) is 34.6 Å². The van der Waals surface area contributed by atoms with Gasteiger partial charge in [0.05, 0.1) is 6.61 Å². The smallest absolute Gasteiger partial charge is 0.194 e. The van der Waals surface area contributed by atoms with Crippen LogP contribution in [0.1, 0.15) is 40.2 Å². The number of carbonyl (C=O) groups is 1.